The number of nitrogens with one attached hydrogen (secondary N) is 1. The Labute approximate surface area is 110 Å². The van der Waals surface area contributed by atoms with Crippen molar-refractivity contribution in [2.45, 2.75) is 19.8 Å². The van der Waals surface area contributed by atoms with Crippen LogP contribution in [0.15, 0.2) is 10.6 Å². The lowest BCUT2D eigenvalue weighted by Crippen LogP contribution is -2.43. The molecule has 1 aromatic heterocycles. The van der Waals surface area contributed by atoms with Crippen molar-refractivity contribution in [2.24, 2.45) is 5.92 Å². The van der Waals surface area contributed by atoms with Crippen LogP contribution in [-0.4, -0.2) is 42.0 Å². The number of hydrogen-bond acceptors (Lipinski definition) is 5. The van der Waals surface area contributed by atoms with Gasteiger partial charge in [-0.1, -0.05) is 5.16 Å². The minimum absolute atomic E-state index is 0.123. The quantitative estimate of drug-likeness (QED) is 0.831. The maximum absolute atomic E-state index is 12.0. The molecule has 1 aliphatic heterocycles. The van der Waals surface area contributed by atoms with Crippen LogP contribution < -0.4 is 4.72 Å². The van der Waals surface area contributed by atoms with E-state index in [0.717, 1.165) is 0 Å². The molecular weight excluding hydrogens is 274 g/mol. The van der Waals surface area contributed by atoms with Crippen molar-refractivity contribution in [3.63, 3.8) is 0 Å². The highest BCUT2D eigenvalue weighted by Gasteiger charge is 2.31. The number of nitrogens with zero attached hydrogens (tertiary/aromatic N) is 2. The number of carbonyl (C=O) groups is 1. The minimum atomic E-state index is -3.70. The molecule has 106 valence electrons. The van der Waals surface area contributed by atoms with Gasteiger partial charge in [-0.3, -0.25) is 9.52 Å². The summed E-state index contributed by atoms with van der Waals surface area (Å²) in [4.78, 5) is 10.8. The highest BCUT2D eigenvalue weighted by atomic mass is 32.2. The fraction of sp³-hybridized carbons (Fsp3) is 0.600. The number of piperidine rings is 1. The first-order valence-electron chi connectivity index (χ1n) is 5.82. The first kappa shape index (κ1) is 13.8. The van der Waals surface area contributed by atoms with Crippen LogP contribution >= 0.6 is 0 Å². The summed E-state index contributed by atoms with van der Waals surface area (Å²) in [5.41, 5.74) is 0. The summed E-state index contributed by atoms with van der Waals surface area (Å²) in [6.07, 6.45) is 0.627. The first-order valence-corrected chi connectivity index (χ1v) is 7.26. The van der Waals surface area contributed by atoms with Gasteiger partial charge in [-0.15, -0.1) is 0 Å². The second-order valence-corrected chi connectivity index (χ2v) is 6.11. The number of aliphatic carboxylic acids is 1. The zero-order valence-corrected chi connectivity index (χ0v) is 11.2. The lowest BCUT2D eigenvalue weighted by molar-refractivity contribution is -0.142. The monoisotopic (exact) mass is 289 g/mol. The second-order valence-electron chi connectivity index (χ2n) is 4.44. The van der Waals surface area contributed by atoms with Crippen LogP contribution in [0.1, 0.15) is 18.6 Å². The number of hydrogen-bond donors (Lipinski definition) is 2. The van der Waals surface area contributed by atoms with Gasteiger partial charge in [-0.05, 0) is 19.8 Å². The molecule has 1 aromatic rings. The maximum atomic E-state index is 12.0. The largest absolute Gasteiger partial charge is 0.481 e. The fourth-order valence-electron chi connectivity index (χ4n) is 1.95. The van der Waals surface area contributed by atoms with Crippen molar-refractivity contribution in [1.82, 2.24) is 9.46 Å². The van der Waals surface area contributed by atoms with E-state index in [1.54, 1.807) is 6.92 Å². The zero-order valence-electron chi connectivity index (χ0n) is 10.4. The molecule has 1 saturated heterocycles. The summed E-state index contributed by atoms with van der Waals surface area (Å²) in [5.74, 6) is -0.724. The molecule has 0 aliphatic carbocycles. The molecule has 2 rings (SSSR count). The summed E-state index contributed by atoms with van der Waals surface area (Å²) in [5, 5.41) is 12.4. The van der Waals surface area contributed by atoms with Gasteiger partial charge in [0.15, 0.2) is 5.82 Å². The summed E-state index contributed by atoms with van der Waals surface area (Å²) >= 11 is 0. The van der Waals surface area contributed by atoms with Gasteiger partial charge < -0.3 is 9.63 Å². The summed E-state index contributed by atoms with van der Waals surface area (Å²) < 4.78 is 32.3. The van der Waals surface area contributed by atoms with Crippen LogP contribution in [0, 0.1) is 12.8 Å². The van der Waals surface area contributed by atoms with Crippen molar-refractivity contribution in [3.8, 4) is 0 Å². The lowest BCUT2D eigenvalue weighted by atomic mass is 9.99. The van der Waals surface area contributed by atoms with E-state index in [9.17, 15) is 13.2 Å². The normalized spacial score (nSPS) is 18.4. The van der Waals surface area contributed by atoms with Gasteiger partial charge in [0.25, 0.3) is 0 Å². The van der Waals surface area contributed by atoms with Crippen LogP contribution in [0.2, 0.25) is 0 Å². The molecular formula is C10H15N3O5S. The predicted octanol–water partition coefficient (Wildman–Crippen LogP) is 0.436. The molecule has 0 bridgehead atoms. The molecule has 0 unspecified atom stereocenters. The number of aryl methyl sites for hydroxylation is 1. The third kappa shape index (κ3) is 3.24. The summed E-state index contributed by atoms with van der Waals surface area (Å²) in [6, 6.07) is 1.47. The first-order chi connectivity index (χ1) is 8.88. The molecule has 0 saturated carbocycles. The van der Waals surface area contributed by atoms with E-state index in [0.29, 0.717) is 18.6 Å². The molecule has 0 amide bonds. The van der Waals surface area contributed by atoms with Gasteiger partial charge in [0.1, 0.15) is 5.76 Å². The Morgan fingerprint density at radius 1 is 1.53 bits per heavy atom. The Bertz CT molecular complexity index is 559. The number of carboxylic acids is 1. The van der Waals surface area contributed by atoms with Crippen molar-refractivity contribution >= 4 is 22.0 Å². The molecule has 2 N–H and O–H groups in total. The molecule has 9 heteroatoms. The van der Waals surface area contributed by atoms with Gasteiger partial charge in [0.05, 0.1) is 5.92 Å². The molecule has 0 radical (unpaired) electrons. The van der Waals surface area contributed by atoms with E-state index in [4.69, 9.17) is 9.63 Å². The van der Waals surface area contributed by atoms with Crippen LogP contribution in [0.4, 0.5) is 5.82 Å². The number of rotatable bonds is 4. The van der Waals surface area contributed by atoms with Gasteiger partial charge >= 0.3 is 16.2 Å². The topological polar surface area (TPSA) is 113 Å². The minimum Gasteiger partial charge on any atom is -0.481 e. The van der Waals surface area contributed by atoms with Crippen molar-refractivity contribution in [3.05, 3.63) is 11.8 Å². The van der Waals surface area contributed by atoms with E-state index in [1.165, 1.54) is 10.4 Å². The Morgan fingerprint density at radius 2 is 2.16 bits per heavy atom. The maximum Gasteiger partial charge on any atom is 0.306 e. The zero-order chi connectivity index (χ0) is 14.0. The highest BCUT2D eigenvalue weighted by molar-refractivity contribution is 7.90. The molecule has 0 spiro atoms. The average molecular weight is 289 g/mol. The molecule has 19 heavy (non-hydrogen) atoms. The van der Waals surface area contributed by atoms with Gasteiger partial charge in [0.2, 0.25) is 0 Å². The Hall–Kier alpha value is -1.61. The Kier molecular flexibility index (Phi) is 3.76. The smallest absolute Gasteiger partial charge is 0.306 e. The SMILES string of the molecule is Cc1cc(NS(=O)(=O)N2CCC(C(=O)O)CC2)no1. The Morgan fingerprint density at radius 3 is 2.63 bits per heavy atom. The molecule has 1 aliphatic rings. The summed E-state index contributed by atoms with van der Waals surface area (Å²) in [6.45, 7) is 2.02. The van der Waals surface area contributed by atoms with Crippen molar-refractivity contribution in [1.29, 1.82) is 0 Å². The van der Waals surface area contributed by atoms with E-state index < -0.39 is 22.1 Å². The van der Waals surface area contributed by atoms with Crippen molar-refractivity contribution in [2.75, 3.05) is 17.8 Å². The van der Waals surface area contributed by atoms with Gasteiger partial charge in [-0.25, -0.2) is 0 Å². The lowest BCUT2D eigenvalue weighted by Gasteiger charge is -2.28. The van der Waals surface area contributed by atoms with Gasteiger partial charge in [-0.2, -0.15) is 12.7 Å². The fourth-order valence-corrected chi connectivity index (χ4v) is 3.14. The molecule has 1 fully saturated rings. The number of anilines is 1. The molecule has 2 heterocycles. The van der Waals surface area contributed by atoms with Crippen LogP contribution in [0.5, 0.6) is 0 Å². The van der Waals surface area contributed by atoms with E-state index in [-0.39, 0.29) is 18.9 Å². The summed E-state index contributed by atoms with van der Waals surface area (Å²) in [7, 11) is -3.70. The Balaban J connectivity index is 1.99. The van der Waals surface area contributed by atoms with E-state index in [2.05, 4.69) is 9.88 Å². The second kappa shape index (κ2) is 5.17. The van der Waals surface area contributed by atoms with Gasteiger partial charge in [0, 0.05) is 19.2 Å². The van der Waals surface area contributed by atoms with Crippen LogP contribution in [0.25, 0.3) is 0 Å². The molecule has 0 atom stereocenters. The number of aromatic nitrogens is 1. The third-order valence-electron chi connectivity index (χ3n) is 3.00. The van der Waals surface area contributed by atoms with Crippen LogP contribution in [0.3, 0.4) is 0 Å². The number of carboxylic acid groups (broad SMARTS) is 1. The van der Waals surface area contributed by atoms with Crippen molar-refractivity contribution < 1.29 is 22.8 Å². The van der Waals surface area contributed by atoms with E-state index in [1.807, 2.05) is 0 Å². The molecule has 8 nitrogen and oxygen atoms in total. The average Bonchev–Trinajstić information content (AvgIpc) is 2.74. The highest BCUT2D eigenvalue weighted by Crippen LogP contribution is 2.21. The molecule has 0 aromatic carbocycles. The van der Waals surface area contributed by atoms with Crippen LogP contribution in [-0.2, 0) is 15.0 Å². The standard InChI is InChI=1S/C10H15N3O5S/c1-7-6-9(11-18-7)12-19(16,17)13-4-2-8(3-5-13)10(14)15/h6,8H,2-5H2,1H3,(H,11,12)(H,14,15). The third-order valence-corrected chi connectivity index (χ3v) is 4.52. The van der Waals surface area contributed by atoms with E-state index >= 15 is 0 Å². The predicted molar refractivity (Wildman–Crippen MR) is 65.7 cm³/mol.